The molecule has 0 radical (unpaired) electrons. The maximum atomic E-state index is 10.9. The van der Waals surface area contributed by atoms with Gasteiger partial charge in [0, 0.05) is 33.0 Å². The Labute approximate surface area is 142 Å². The zero-order valence-electron chi connectivity index (χ0n) is 11.4. The summed E-state index contributed by atoms with van der Waals surface area (Å²) in [5, 5.41) is 18.0. The topological polar surface area (TPSA) is 67.2 Å². The number of benzene rings is 2. The number of rotatable bonds is 3. The molecule has 22 heavy (non-hydrogen) atoms. The molecule has 0 unspecified atom stereocenters. The number of aryl methyl sites for hydroxylation is 1. The Morgan fingerprint density at radius 1 is 1.09 bits per heavy atom. The van der Waals surface area contributed by atoms with Crippen LogP contribution in [0.25, 0.3) is 0 Å². The summed E-state index contributed by atoms with van der Waals surface area (Å²) in [4.78, 5) is 10.5. The number of nitro benzene ring substituents is 1. The minimum absolute atomic E-state index is 0.0265. The lowest BCUT2D eigenvalue weighted by Gasteiger charge is -2.11. The number of hydrogen-bond donors (Lipinski definition) is 2. The molecule has 0 amide bonds. The molecule has 0 spiro atoms. The van der Waals surface area contributed by atoms with Crippen molar-refractivity contribution >= 4 is 57.6 Å². The molecule has 0 heterocycles. The van der Waals surface area contributed by atoms with E-state index < -0.39 is 4.92 Å². The Bertz CT molecular complexity index is 733. The van der Waals surface area contributed by atoms with E-state index in [1.807, 2.05) is 0 Å². The van der Waals surface area contributed by atoms with Crippen LogP contribution in [0, 0.1) is 17.0 Å². The van der Waals surface area contributed by atoms with Crippen LogP contribution in [-0.2, 0) is 0 Å². The number of nitrogens with one attached hydrogen (secondary N) is 2. The maximum Gasteiger partial charge on any atom is 0.274 e. The first-order chi connectivity index (χ1) is 10.3. The van der Waals surface area contributed by atoms with Gasteiger partial charge in [-0.05, 0) is 43.4 Å². The Kier molecular flexibility index (Phi) is 5.18. The van der Waals surface area contributed by atoms with Crippen LogP contribution in [0.5, 0.6) is 0 Å². The third-order valence-corrected chi connectivity index (χ3v) is 3.42. The molecule has 0 saturated heterocycles. The Balaban J connectivity index is 2.12. The van der Waals surface area contributed by atoms with E-state index in [1.54, 1.807) is 37.3 Å². The third-order valence-electron chi connectivity index (χ3n) is 2.78. The Morgan fingerprint density at radius 3 is 2.27 bits per heavy atom. The summed E-state index contributed by atoms with van der Waals surface area (Å²) in [6, 6.07) is 9.72. The van der Waals surface area contributed by atoms with Crippen molar-refractivity contribution in [1.82, 2.24) is 0 Å². The van der Waals surface area contributed by atoms with Gasteiger partial charge in [-0.25, -0.2) is 0 Å². The van der Waals surface area contributed by atoms with Crippen LogP contribution in [0.15, 0.2) is 36.4 Å². The van der Waals surface area contributed by atoms with Crippen LogP contribution in [-0.4, -0.2) is 10.0 Å². The van der Waals surface area contributed by atoms with Gasteiger partial charge in [0.2, 0.25) is 0 Å². The smallest absolute Gasteiger partial charge is 0.274 e. The van der Waals surface area contributed by atoms with Gasteiger partial charge in [-0.3, -0.25) is 10.1 Å². The molecule has 5 nitrogen and oxygen atoms in total. The highest BCUT2D eigenvalue weighted by atomic mass is 35.5. The van der Waals surface area contributed by atoms with Crippen LogP contribution >= 0.6 is 35.4 Å². The zero-order valence-corrected chi connectivity index (χ0v) is 13.7. The predicted molar refractivity (Wildman–Crippen MR) is 94.1 cm³/mol. The second-order valence-corrected chi connectivity index (χ2v) is 5.78. The van der Waals surface area contributed by atoms with Crippen molar-refractivity contribution in [1.29, 1.82) is 0 Å². The third kappa shape index (κ3) is 4.30. The van der Waals surface area contributed by atoms with Crippen molar-refractivity contribution in [3.8, 4) is 0 Å². The summed E-state index contributed by atoms with van der Waals surface area (Å²) in [6.07, 6.45) is 0. The van der Waals surface area contributed by atoms with E-state index in [-0.39, 0.29) is 10.8 Å². The lowest BCUT2D eigenvalue weighted by Crippen LogP contribution is -2.19. The molecule has 0 saturated carbocycles. The molecule has 0 aliphatic carbocycles. The first kappa shape index (κ1) is 16.5. The number of halogens is 2. The number of anilines is 2. The van der Waals surface area contributed by atoms with Gasteiger partial charge in [0.1, 0.15) is 0 Å². The zero-order chi connectivity index (χ0) is 16.3. The van der Waals surface area contributed by atoms with Crippen molar-refractivity contribution in [2.45, 2.75) is 6.92 Å². The van der Waals surface area contributed by atoms with E-state index in [2.05, 4.69) is 10.6 Å². The van der Waals surface area contributed by atoms with Crippen LogP contribution in [0.3, 0.4) is 0 Å². The maximum absolute atomic E-state index is 10.9. The minimum atomic E-state index is -0.437. The lowest BCUT2D eigenvalue weighted by atomic mass is 10.2. The van der Waals surface area contributed by atoms with Gasteiger partial charge in [0.15, 0.2) is 5.11 Å². The predicted octanol–water partition coefficient (Wildman–Crippen LogP) is 5.02. The van der Waals surface area contributed by atoms with Gasteiger partial charge in [-0.2, -0.15) is 0 Å². The summed E-state index contributed by atoms with van der Waals surface area (Å²) in [7, 11) is 0. The lowest BCUT2D eigenvalue weighted by molar-refractivity contribution is -0.385. The van der Waals surface area contributed by atoms with Gasteiger partial charge in [-0.15, -0.1) is 0 Å². The van der Waals surface area contributed by atoms with E-state index in [0.29, 0.717) is 27.0 Å². The fourth-order valence-corrected chi connectivity index (χ4v) is 2.57. The standard InChI is InChI=1S/C14H11Cl2N3O2S/c1-8-2-3-11(7-13(8)19(20)21)17-14(22)18-12-5-9(15)4-10(16)6-12/h2-7H,1H3,(H2,17,18,22). The first-order valence-corrected chi connectivity index (χ1v) is 7.31. The number of thiocarbonyl (C=S) groups is 1. The molecule has 114 valence electrons. The molecular formula is C14H11Cl2N3O2S. The molecule has 0 fully saturated rings. The van der Waals surface area contributed by atoms with E-state index in [0.717, 1.165) is 0 Å². The van der Waals surface area contributed by atoms with Gasteiger partial charge in [0.05, 0.1) is 4.92 Å². The van der Waals surface area contributed by atoms with E-state index in [4.69, 9.17) is 35.4 Å². The molecule has 2 N–H and O–H groups in total. The van der Waals surface area contributed by atoms with Crippen molar-refractivity contribution in [2.24, 2.45) is 0 Å². The van der Waals surface area contributed by atoms with Crippen LogP contribution < -0.4 is 10.6 Å². The van der Waals surface area contributed by atoms with E-state index in [9.17, 15) is 10.1 Å². The quantitative estimate of drug-likeness (QED) is 0.459. The van der Waals surface area contributed by atoms with Crippen LogP contribution in [0.1, 0.15) is 5.56 Å². The molecule has 2 aromatic carbocycles. The molecule has 0 bridgehead atoms. The van der Waals surface area contributed by atoms with Crippen molar-refractivity contribution in [3.63, 3.8) is 0 Å². The van der Waals surface area contributed by atoms with Crippen LogP contribution in [0.4, 0.5) is 17.1 Å². The fraction of sp³-hybridized carbons (Fsp3) is 0.0714. The summed E-state index contributed by atoms with van der Waals surface area (Å²) in [5.41, 5.74) is 1.74. The number of hydrogen-bond acceptors (Lipinski definition) is 3. The average Bonchev–Trinajstić information content (AvgIpc) is 2.39. The molecule has 0 aromatic heterocycles. The molecule has 0 aliphatic rings. The van der Waals surface area contributed by atoms with Gasteiger partial charge < -0.3 is 10.6 Å². The summed E-state index contributed by atoms with van der Waals surface area (Å²) < 4.78 is 0. The van der Waals surface area contributed by atoms with Gasteiger partial charge in [0.25, 0.3) is 5.69 Å². The van der Waals surface area contributed by atoms with E-state index in [1.165, 1.54) is 6.07 Å². The molecule has 0 aliphatic heterocycles. The SMILES string of the molecule is Cc1ccc(NC(=S)Nc2cc(Cl)cc(Cl)c2)cc1[N+](=O)[O-]. The highest BCUT2D eigenvalue weighted by Gasteiger charge is 2.11. The normalized spacial score (nSPS) is 10.1. The highest BCUT2D eigenvalue weighted by Crippen LogP contribution is 2.24. The average molecular weight is 356 g/mol. The van der Waals surface area contributed by atoms with E-state index >= 15 is 0 Å². The van der Waals surface area contributed by atoms with Gasteiger partial charge >= 0.3 is 0 Å². The second kappa shape index (κ2) is 6.91. The summed E-state index contributed by atoms with van der Waals surface area (Å²) in [5.74, 6) is 0. The number of nitrogens with zero attached hydrogens (tertiary/aromatic N) is 1. The highest BCUT2D eigenvalue weighted by molar-refractivity contribution is 7.80. The molecular weight excluding hydrogens is 345 g/mol. The van der Waals surface area contributed by atoms with Crippen LogP contribution in [0.2, 0.25) is 10.0 Å². The van der Waals surface area contributed by atoms with Crippen molar-refractivity contribution in [2.75, 3.05) is 10.6 Å². The minimum Gasteiger partial charge on any atom is -0.332 e. The summed E-state index contributed by atoms with van der Waals surface area (Å²) >= 11 is 17.0. The molecule has 2 rings (SSSR count). The summed E-state index contributed by atoms with van der Waals surface area (Å²) in [6.45, 7) is 1.67. The molecule has 2 aromatic rings. The second-order valence-electron chi connectivity index (χ2n) is 4.50. The first-order valence-electron chi connectivity index (χ1n) is 6.14. The molecule has 8 heteroatoms. The molecule has 0 atom stereocenters. The Morgan fingerprint density at radius 2 is 1.68 bits per heavy atom. The van der Waals surface area contributed by atoms with Gasteiger partial charge in [-0.1, -0.05) is 29.3 Å². The fourth-order valence-electron chi connectivity index (χ4n) is 1.80. The largest absolute Gasteiger partial charge is 0.332 e. The van der Waals surface area contributed by atoms with Crippen molar-refractivity contribution in [3.05, 3.63) is 62.1 Å². The van der Waals surface area contributed by atoms with Crippen molar-refractivity contribution < 1.29 is 4.92 Å². The number of nitro groups is 1. The monoisotopic (exact) mass is 355 g/mol. The Hall–Kier alpha value is -1.89.